The average molecular weight is 284 g/mol. The number of aromatic nitrogens is 2. The zero-order valence-electron chi connectivity index (χ0n) is 12.3. The van der Waals surface area contributed by atoms with Gasteiger partial charge < -0.3 is 9.30 Å². The Morgan fingerprint density at radius 1 is 1.43 bits per heavy atom. The van der Waals surface area contributed by atoms with Crippen molar-refractivity contribution in [3.05, 3.63) is 53.6 Å². The summed E-state index contributed by atoms with van der Waals surface area (Å²) in [6, 6.07) is 6.57. The van der Waals surface area contributed by atoms with Gasteiger partial charge in [0.05, 0.1) is 18.9 Å². The van der Waals surface area contributed by atoms with E-state index in [1.807, 2.05) is 19.4 Å². The minimum atomic E-state index is -0.0503. The van der Waals surface area contributed by atoms with Crippen LogP contribution in [0.2, 0.25) is 0 Å². The monoisotopic (exact) mass is 284 g/mol. The molecule has 0 radical (unpaired) electrons. The van der Waals surface area contributed by atoms with Gasteiger partial charge in [-0.05, 0) is 42.9 Å². The van der Waals surface area contributed by atoms with Crippen LogP contribution in [-0.2, 0) is 28.9 Å². The van der Waals surface area contributed by atoms with E-state index in [-0.39, 0.29) is 11.9 Å². The minimum Gasteiger partial charge on any atom is -0.466 e. The fourth-order valence-corrected chi connectivity index (χ4v) is 2.96. The van der Waals surface area contributed by atoms with E-state index >= 15 is 0 Å². The molecule has 0 amide bonds. The summed E-state index contributed by atoms with van der Waals surface area (Å²) in [6.07, 6.45) is 8.24. The normalized spacial score (nSPS) is 17.3. The number of rotatable bonds is 4. The lowest BCUT2D eigenvalue weighted by atomic mass is 9.83. The lowest BCUT2D eigenvalue weighted by molar-refractivity contribution is -0.148. The first-order valence-electron chi connectivity index (χ1n) is 7.49. The number of aryl methyl sites for hydroxylation is 1. The number of imidazole rings is 1. The SMILES string of the molecule is CCOC(=O)C1CCc2cc(Cn3ccnc3)ccc2C1. The zero-order chi connectivity index (χ0) is 14.7. The highest BCUT2D eigenvalue weighted by molar-refractivity contribution is 5.73. The molecule has 1 aromatic carbocycles. The molecule has 2 aromatic rings. The van der Waals surface area contributed by atoms with Gasteiger partial charge in [0, 0.05) is 18.9 Å². The highest BCUT2D eigenvalue weighted by Gasteiger charge is 2.25. The zero-order valence-corrected chi connectivity index (χ0v) is 12.3. The molecule has 1 unspecified atom stereocenters. The highest BCUT2D eigenvalue weighted by Crippen LogP contribution is 2.27. The van der Waals surface area contributed by atoms with E-state index in [0.29, 0.717) is 6.61 Å². The van der Waals surface area contributed by atoms with Crippen molar-refractivity contribution in [1.29, 1.82) is 0 Å². The molecule has 21 heavy (non-hydrogen) atoms. The van der Waals surface area contributed by atoms with Gasteiger partial charge in [0.2, 0.25) is 0 Å². The third-order valence-corrected chi connectivity index (χ3v) is 4.04. The maximum Gasteiger partial charge on any atom is 0.309 e. The van der Waals surface area contributed by atoms with Gasteiger partial charge in [-0.25, -0.2) is 4.98 Å². The van der Waals surface area contributed by atoms with Gasteiger partial charge in [0.15, 0.2) is 0 Å². The molecule has 0 fully saturated rings. The second-order valence-corrected chi connectivity index (χ2v) is 5.53. The molecule has 110 valence electrons. The van der Waals surface area contributed by atoms with Crippen LogP contribution in [0.3, 0.4) is 0 Å². The summed E-state index contributed by atoms with van der Waals surface area (Å²) < 4.78 is 7.20. The van der Waals surface area contributed by atoms with E-state index in [4.69, 9.17) is 4.74 Å². The molecular weight excluding hydrogens is 264 g/mol. The molecular formula is C17H20N2O2. The third-order valence-electron chi connectivity index (χ3n) is 4.04. The van der Waals surface area contributed by atoms with Crippen molar-refractivity contribution in [2.45, 2.75) is 32.7 Å². The Hall–Kier alpha value is -2.10. The minimum absolute atomic E-state index is 0.0250. The maximum absolute atomic E-state index is 11.9. The molecule has 1 aliphatic carbocycles. The van der Waals surface area contributed by atoms with Crippen molar-refractivity contribution in [3.63, 3.8) is 0 Å². The van der Waals surface area contributed by atoms with Crippen LogP contribution in [0, 0.1) is 5.92 Å². The molecule has 4 nitrogen and oxygen atoms in total. The Morgan fingerprint density at radius 3 is 3.10 bits per heavy atom. The molecule has 0 saturated carbocycles. The lowest BCUT2D eigenvalue weighted by Gasteiger charge is -2.23. The molecule has 3 rings (SSSR count). The summed E-state index contributed by atoms with van der Waals surface area (Å²) in [5.74, 6) is -0.0254. The molecule has 0 aliphatic heterocycles. The average Bonchev–Trinajstić information content (AvgIpc) is 3.00. The topological polar surface area (TPSA) is 44.1 Å². The van der Waals surface area contributed by atoms with Gasteiger partial charge >= 0.3 is 5.97 Å². The first-order chi connectivity index (χ1) is 10.3. The largest absolute Gasteiger partial charge is 0.466 e. The fourth-order valence-electron chi connectivity index (χ4n) is 2.96. The van der Waals surface area contributed by atoms with Crippen molar-refractivity contribution >= 4 is 5.97 Å². The second kappa shape index (κ2) is 6.12. The molecule has 1 atom stereocenters. The van der Waals surface area contributed by atoms with E-state index in [1.165, 1.54) is 16.7 Å². The Bertz CT molecular complexity index is 620. The van der Waals surface area contributed by atoms with Crippen molar-refractivity contribution in [2.24, 2.45) is 5.92 Å². The van der Waals surface area contributed by atoms with Crippen molar-refractivity contribution in [2.75, 3.05) is 6.61 Å². The van der Waals surface area contributed by atoms with Crippen LogP contribution >= 0.6 is 0 Å². The molecule has 1 aromatic heterocycles. The van der Waals surface area contributed by atoms with Crippen molar-refractivity contribution in [1.82, 2.24) is 9.55 Å². The molecule has 0 bridgehead atoms. The van der Waals surface area contributed by atoms with Crippen LogP contribution in [0.15, 0.2) is 36.9 Å². The summed E-state index contributed by atoms with van der Waals surface area (Å²) in [6.45, 7) is 3.16. The summed E-state index contributed by atoms with van der Waals surface area (Å²) in [4.78, 5) is 15.9. The van der Waals surface area contributed by atoms with Crippen LogP contribution in [-0.4, -0.2) is 22.1 Å². The van der Waals surface area contributed by atoms with E-state index in [9.17, 15) is 4.79 Å². The van der Waals surface area contributed by atoms with Gasteiger partial charge in [-0.3, -0.25) is 4.79 Å². The number of esters is 1. The van der Waals surface area contributed by atoms with E-state index in [0.717, 1.165) is 25.8 Å². The molecule has 1 heterocycles. The third kappa shape index (κ3) is 3.15. The smallest absolute Gasteiger partial charge is 0.309 e. The standard InChI is InChI=1S/C17H20N2O2/c1-2-21-17(20)16-6-5-14-9-13(3-4-15(14)10-16)11-19-8-7-18-12-19/h3-4,7-9,12,16H,2,5-6,10-11H2,1H3. The first-order valence-corrected chi connectivity index (χ1v) is 7.49. The predicted octanol–water partition coefficient (Wildman–Crippen LogP) is 2.60. The van der Waals surface area contributed by atoms with E-state index in [2.05, 4.69) is 27.8 Å². The Balaban J connectivity index is 1.72. The number of carbonyl (C=O) groups excluding carboxylic acids is 1. The van der Waals surface area contributed by atoms with Crippen LogP contribution in [0.5, 0.6) is 0 Å². The number of ether oxygens (including phenoxy) is 1. The fraction of sp³-hybridized carbons (Fsp3) is 0.412. The number of hydrogen-bond donors (Lipinski definition) is 0. The van der Waals surface area contributed by atoms with Crippen LogP contribution in [0.4, 0.5) is 0 Å². The Kier molecular flexibility index (Phi) is 4.04. The number of nitrogens with zero attached hydrogens (tertiary/aromatic N) is 2. The number of fused-ring (bicyclic) bond motifs is 1. The summed E-state index contributed by atoms with van der Waals surface area (Å²) in [7, 11) is 0. The predicted molar refractivity (Wildman–Crippen MR) is 79.9 cm³/mol. The maximum atomic E-state index is 11.9. The first kappa shape index (κ1) is 13.9. The molecule has 4 heteroatoms. The van der Waals surface area contributed by atoms with Gasteiger partial charge in [-0.1, -0.05) is 18.2 Å². The summed E-state index contributed by atoms with van der Waals surface area (Å²) in [5, 5.41) is 0. The quantitative estimate of drug-likeness (QED) is 0.811. The van der Waals surface area contributed by atoms with Crippen molar-refractivity contribution in [3.8, 4) is 0 Å². The van der Waals surface area contributed by atoms with Crippen LogP contribution in [0.1, 0.15) is 30.0 Å². The Morgan fingerprint density at radius 2 is 2.33 bits per heavy atom. The molecule has 0 spiro atoms. The highest BCUT2D eigenvalue weighted by atomic mass is 16.5. The summed E-state index contributed by atoms with van der Waals surface area (Å²) >= 11 is 0. The van der Waals surface area contributed by atoms with E-state index < -0.39 is 0 Å². The molecule has 1 aliphatic rings. The second-order valence-electron chi connectivity index (χ2n) is 5.53. The number of carbonyl (C=O) groups is 1. The van der Waals surface area contributed by atoms with Gasteiger partial charge in [-0.15, -0.1) is 0 Å². The number of hydrogen-bond acceptors (Lipinski definition) is 3. The van der Waals surface area contributed by atoms with Gasteiger partial charge in [0.1, 0.15) is 0 Å². The Labute approximate surface area is 124 Å². The van der Waals surface area contributed by atoms with Gasteiger partial charge in [-0.2, -0.15) is 0 Å². The van der Waals surface area contributed by atoms with Crippen molar-refractivity contribution < 1.29 is 9.53 Å². The summed E-state index contributed by atoms with van der Waals surface area (Å²) in [5.41, 5.74) is 3.93. The van der Waals surface area contributed by atoms with E-state index in [1.54, 1.807) is 6.20 Å². The van der Waals surface area contributed by atoms with Crippen LogP contribution in [0.25, 0.3) is 0 Å². The number of benzene rings is 1. The molecule has 0 saturated heterocycles. The molecule has 0 N–H and O–H groups in total. The van der Waals surface area contributed by atoms with Gasteiger partial charge in [0.25, 0.3) is 0 Å². The lowest BCUT2D eigenvalue weighted by Crippen LogP contribution is -2.24. The van der Waals surface area contributed by atoms with Crippen LogP contribution < -0.4 is 0 Å².